The molecule has 0 aromatic carbocycles. The van der Waals surface area contributed by atoms with Crippen LogP contribution >= 0.6 is 11.3 Å². The monoisotopic (exact) mass is 364 g/mol. The van der Waals surface area contributed by atoms with Gasteiger partial charge in [-0.3, -0.25) is 14.4 Å². The second-order valence-electron chi connectivity index (χ2n) is 5.69. The van der Waals surface area contributed by atoms with Gasteiger partial charge in [0.25, 0.3) is 5.91 Å². The number of anilines is 1. The van der Waals surface area contributed by atoms with Crippen molar-refractivity contribution < 1.29 is 23.6 Å². The van der Waals surface area contributed by atoms with Crippen LogP contribution in [0.1, 0.15) is 45.6 Å². The Hall–Kier alpha value is -2.48. The fourth-order valence-corrected chi connectivity index (χ4v) is 3.16. The Morgan fingerprint density at radius 1 is 1.24 bits per heavy atom. The molecule has 1 unspecified atom stereocenters. The van der Waals surface area contributed by atoms with Gasteiger partial charge >= 0.3 is 5.97 Å². The Morgan fingerprint density at radius 2 is 1.96 bits per heavy atom. The predicted octanol–water partition coefficient (Wildman–Crippen LogP) is 3.19. The molecule has 2 aromatic heterocycles. The number of nitrogens with zero attached hydrogens (tertiary/aromatic N) is 1. The molecular formula is C17H20N2O5S. The zero-order valence-corrected chi connectivity index (χ0v) is 15.4. The molecule has 0 saturated heterocycles. The lowest BCUT2D eigenvalue weighted by Crippen LogP contribution is -2.30. The van der Waals surface area contributed by atoms with E-state index in [9.17, 15) is 14.4 Å². The Bertz CT molecular complexity index is 793. The SMILES string of the molecule is Cc1cc(NC(=O)C(C)OC(=O)CCC(=O)c2cc(C)sc2C)no1. The minimum absolute atomic E-state index is 0.0483. The molecule has 2 heterocycles. The molecule has 134 valence electrons. The third-order valence-corrected chi connectivity index (χ3v) is 4.42. The van der Waals surface area contributed by atoms with Crippen molar-refractivity contribution in [1.29, 1.82) is 0 Å². The predicted molar refractivity (Wildman–Crippen MR) is 92.8 cm³/mol. The summed E-state index contributed by atoms with van der Waals surface area (Å²) >= 11 is 1.55. The number of amides is 1. The van der Waals surface area contributed by atoms with E-state index in [-0.39, 0.29) is 24.4 Å². The summed E-state index contributed by atoms with van der Waals surface area (Å²) in [5.74, 6) is -0.413. The molecule has 1 amide bonds. The van der Waals surface area contributed by atoms with Gasteiger partial charge in [-0.1, -0.05) is 5.16 Å². The van der Waals surface area contributed by atoms with Gasteiger partial charge in [-0.05, 0) is 33.8 Å². The first-order chi connectivity index (χ1) is 11.8. The average molecular weight is 364 g/mol. The molecule has 0 bridgehead atoms. The normalized spacial score (nSPS) is 11.8. The second kappa shape index (κ2) is 8.06. The molecule has 25 heavy (non-hydrogen) atoms. The Balaban J connectivity index is 1.80. The molecule has 0 aliphatic rings. The summed E-state index contributed by atoms with van der Waals surface area (Å²) in [5, 5.41) is 6.11. The van der Waals surface area contributed by atoms with Gasteiger partial charge in [-0.15, -0.1) is 11.3 Å². The summed E-state index contributed by atoms with van der Waals surface area (Å²) in [7, 11) is 0. The summed E-state index contributed by atoms with van der Waals surface area (Å²) in [6.07, 6.45) is -1.02. The summed E-state index contributed by atoms with van der Waals surface area (Å²) in [6.45, 7) is 6.95. The van der Waals surface area contributed by atoms with Gasteiger partial charge < -0.3 is 14.6 Å². The molecule has 0 radical (unpaired) electrons. The third kappa shape index (κ3) is 5.25. The van der Waals surface area contributed by atoms with E-state index < -0.39 is 18.0 Å². The van der Waals surface area contributed by atoms with Gasteiger partial charge in [0.2, 0.25) is 0 Å². The zero-order chi connectivity index (χ0) is 18.6. The second-order valence-corrected chi connectivity index (χ2v) is 7.15. The van der Waals surface area contributed by atoms with Crippen molar-refractivity contribution in [2.24, 2.45) is 0 Å². The number of aromatic nitrogens is 1. The van der Waals surface area contributed by atoms with Crippen LogP contribution < -0.4 is 5.32 Å². The number of ketones is 1. The largest absolute Gasteiger partial charge is 0.453 e. The van der Waals surface area contributed by atoms with Gasteiger partial charge in [0.1, 0.15) is 5.76 Å². The standard InChI is InChI=1S/C17H20N2O5S/c1-9-7-15(19-24-9)18-17(22)11(3)23-16(21)6-5-14(20)13-8-10(2)25-12(13)4/h7-8,11H,5-6H2,1-4H3,(H,18,19,22). The maximum atomic E-state index is 12.1. The van der Waals surface area contributed by atoms with Gasteiger partial charge in [-0.25, -0.2) is 0 Å². The fraction of sp³-hybridized carbons (Fsp3) is 0.412. The number of hydrogen-bond donors (Lipinski definition) is 1. The summed E-state index contributed by atoms with van der Waals surface area (Å²) < 4.78 is 9.89. The van der Waals surface area contributed by atoms with Crippen LogP contribution in [-0.4, -0.2) is 28.9 Å². The van der Waals surface area contributed by atoms with Crippen molar-refractivity contribution in [1.82, 2.24) is 5.16 Å². The molecule has 8 heteroatoms. The maximum Gasteiger partial charge on any atom is 0.307 e. The quantitative estimate of drug-likeness (QED) is 0.598. The lowest BCUT2D eigenvalue weighted by Gasteiger charge is -2.12. The molecule has 0 saturated carbocycles. The number of esters is 1. The van der Waals surface area contributed by atoms with E-state index in [1.165, 1.54) is 6.92 Å². The first-order valence-corrected chi connectivity index (χ1v) is 8.62. The Kier molecular flexibility index (Phi) is 6.08. The highest BCUT2D eigenvalue weighted by Crippen LogP contribution is 2.22. The minimum Gasteiger partial charge on any atom is -0.453 e. The van der Waals surface area contributed by atoms with E-state index >= 15 is 0 Å². The molecule has 0 spiro atoms. The van der Waals surface area contributed by atoms with Crippen molar-refractivity contribution >= 4 is 34.8 Å². The summed E-state index contributed by atoms with van der Waals surface area (Å²) in [6, 6.07) is 3.37. The lowest BCUT2D eigenvalue weighted by atomic mass is 10.1. The number of thiophene rings is 1. The molecular weight excluding hydrogens is 344 g/mol. The van der Waals surface area contributed by atoms with Gasteiger partial charge in [0.05, 0.1) is 6.42 Å². The first kappa shape index (κ1) is 18.9. The third-order valence-electron chi connectivity index (χ3n) is 3.45. The first-order valence-electron chi connectivity index (χ1n) is 7.80. The van der Waals surface area contributed by atoms with Crippen LogP contribution in [0, 0.1) is 20.8 Å². The molecule has 2 rings (SSSR count). The van der Waals surface area contributed by atoms with Crippen molar-refractivity contribution in [2.75, 3.05) is 5.32 Å². The topological polar surface area (TPSA) is 98.5 Å². The zero-order valence-electron chi connectivity index (χ0n) is 14.5. The van der Waals surface area contributed by atoms with Crippen LogP contribution in [0.3, 0.4) is 0 Å². The Morgan fingerprint density at radius 3 is 2.52 bits per heavy atom. The summed E-state index contributed by atoms with van der Waals surface area (Å²) in [5.41, 5.74) is 0.641. The number of hydrogen-bond acceptors (Lipinski definition) is 7. The van der Waals surface area contributed by atoms with E-state index in [4.69, 9.17) is 9.26 Å². The van der Waals surface area contributed by atoms with Gasteiger partial charge in [0.15, 0.2) is 17.7 Å². The van der Waals surface area contributed by atoms with Crippen molar-refractivity contribution in [2.45, 2.75) is 46.6 Å². The molecule has 0 aliphatic carbocycles. The number of aryl methyl sites for hydroxylation is 3. The average Bonchev–Trinajstić information content (AvgIpc) is 3.09. The van der Waals surface area contributed by atoms with E-state index in [1.54, 1.807) is 24.3 Å². The van der Waals surface area contributed by atoms with Crippen LogP contribution in [0.5, 0.6) is 0 Å². The minimum atomic E-state index is -0.996. The Labute approximate surface area is 149 Å². The van der Waals surface area contributed by atoms with Gasteiger partial charge in [0, 0.05) is 27.8 Å². The molecule has 0 fully saturated rings. The fourth-order valence-electron chi connectivity index (χ4n) is 2.22. The van der Waals surface area contributed by atoms with E-state index in [1.807, 2.05) is 19.9 Å². The van der Waals surface area contributed by atoms with Crippen LogP contribution in [0.15, 0.2) is 16.7 Å². The number of ether oxygens (including phenoxy) is 1. The van der Waals surface area contributed by atoms with Crippen LogP contribution in [0.2, 0.25) is 0 Å². The van der Waals surface area contributed by atoms with Crippen LogP contribution in [-0.2, 0) is 14.3 Å². The van der Waals surface area contributed by atoms with Gasteiger partial charge in [-0.2, -0.15) is 0 Å². The number of carbonyl (C=O) groups is 3. The molecule has 1 atom stereocenters. The van der Waals surface area contributed by atoms with Crippen molar-refractivity contribution in [3.63, 3.8) is 0 Å². The highest BCUT2D eigenvalue weighted by Gasteiger charge is 2.20. The molecule has 2 aromatic rings. The number of Topliss-reactive ketones (excluding diaryl/α,β-unsaturated/α-hetero) is 1. The lowest BCUT2D eigenvalue weighted by molar-refractivity contribution is -0.153. The summed E-state index contributed by atoms with van der Waals surface area (Å²) in [4.78, 5) is 37.9. The highest BCUT2D eigenvalue weighted by atomic mass is 32.1. The van der Waals surface area contributed by atoms with Crippen molar-refractivity contribution in [3.05, 3.63) is 33.2 Å². The van der Waals surface area contributed by atoms with Crippen LogP contribution in [0.4, 0.5) is 5.82 Å². The molecule has 7 nitrogen and oxygen atoms in total. The smallest absolute Gasteiger partial charge is 0.307 e. The molecule has 0 aliphatic heterocycles. The highest BCUT2D eigenvalue weighted by molar-refractivity contribution is 7.12. The van der Waals surface area contributed by atoms with E-state index in [0.717, 1.165) is 9.75 Å². The number of rotatable bonds is 7. The van der Waals surface area contributed by atoms with Crippen LogP contribution in [0.25, 0.3) is 0 Å². The number of nitrogens with one attached hydrogen (secondary N) is 1. The van der Waals surface area contributed by atoms with E-state index in [2.05, 4.69) is 10.5 Å². The van der Waals surface area contributed by atoms with E-state index in [0.29, 0.717) is 11.3 Å². The number of carbonyl (C=O) groups excluding carboxylic acids is 3. The maximum absolute atomic E-state index is 12.1. The molecule has 1 N–H and O–H groups in total. The van der Waals surface area contributed by atoms with Crippen molar-refractivity contribution in [3.8, 4) is 0 Å².